The number of fused-ring (bicyclic) bond motifs is 1. The Kier molecular flexibility index (Phi) is 3.48. The summed E-state index contributed by atoms with van der Waals surface area (Å²) in [6.07, 6.45) is 3.77. The van der Waals surface area contributed by atoms with E-state index in [1.807, 2.05) is 11.3 Å². The summed E-state index contributed by atoms with van der Waals surface area (Å²) in [5.74, 6) is 2.56. The number of hydrogen-bond acceptors (Lipinski definition) is 4. The molecule has 0 amide bonds. The van der Waals surface area contributed by atoms with Crippen LogP contribution in [0.5, 0.6) is 0 Å². The van der Waals surface area contributed by atoms with Gasteiger partial charge in [0.1, 0.15) is 0 Å². The maximum Gasteiger partial charge on any atom is 0.0351 e. The van der Waals surface area contributed by atoms with Gasteiger partial charge in [-0.25, -0.2) is 0 Å². The van der Waals surface area contributed by atoms with Crippen LogP contribution in [0.25, 0.3) is 0 Å². The molecule has 17 heavy (non-hydrogen) atoms. The molecular formula is C13H20N2S2. The van der Waals surface area contributed by atoms with Crippen LogP contribution in [0.1, 0.15) is 23.3 Å². The molecule has 94 valence electrons. The first-order valence-corrected chi connectivity index (χ1v) is 8.46. The monoisotopic (exact) mass is 268 g/mol. The lowest BCUT2D eigenvalue weighted by Crippen LogP contribution is -2.56. The molecule has 0 unspecified atom stereocenters. The van der Waals surface area contributed by atoms with Crippen molar-refractivity contribution < 1.29 is 0 Å². The summed E-state index contributed by atoms with van der Waals surface area (Å²) in [4.78, 5) is 4.26. The minimum atomic E-state index is 0.297. The lowest BCUT2D eigenvalue weighted by molar-refractivity contribution is 0.0715. The van der Waals surface area contributed by atoms with Gasteiger partial charge >= 0.3 is 0 Å². The molecule has 3 heterocycles. The van der Waals surface area contributed by atoms with E-state index in [2.05, 4.69) is 28.1 Å². The molecule has 0 saturated carbocycles. The molecule has 2 aliphatic heterocycles. The van der Waals surface area contributed by atoms with Crippen molar-refractivity contribution in [3.05, 3.63) is 21.9 Å². The molecule has 2 N–H and O–H groups in total. The Labute approximate surface area is 112 Å². The summed E-state index contributed by atoms with van der Waals surface area (Å²) in [7, 11) is 0. The van der Waals surface area contributed by atoms with Crippen molar-refractivity contribution in [1.29, 1.82) is 0 Å². The molecule has 2 nitrogen and oxygen atoms in total. The molecule has 1 aromatic heterocycles. The minimum absolute atomic E-state index is 0.297. The number of rotatable bonds is 2. The van der Waals surface area contributed by atoms with Gasteiger partial charge in [-0.1, -0.05) is 0 Å². The van der Waals surface area contributed by atoms with Crippen molar-refractivity contribution in [3.8, 4) is 0 Å². The number of nitrogens with zero attached hydrogens (tertiary/aromatic N) is 1. The van der Waals surface area contributed by atoms with Crippen LogP contribution in [-0.2, 0) is 13.0 Å². The Balaban J connectivity index is 1.80. The predicted molar refractivity (Wildman–Crippen MR) is 76.8 cm³/mol. The average Bonchev–Trinajstić information content (AvgIpc) is 2.86. The SMILES string of the molecule is NCC1(N2CCc3sccc3C2)CCSCC1. The lowest BCUT2D eigenvalue weighted by atomic mass is 9.88. The molecule has 0 atom stereocenters. The highest BCUT2D eigenvalue weighted by molar-refractivity contribution is 7.99. The molecule has 1 fully saturated rings. The topological polar surface area (TPSA) is 29.3 Å². The molecule has 0 spiro atoms. The number of thiophene rings is 1. The minimum Gasteiger partial charge on any atom is -0.329 e. The van der Waals surface area contributed by atoms with E-state index in [-0.39, 0.29) is 0 Å². The number of nitrogens with two attached hydrogens (primary N) is 1. The summed E-state index contributed by atoms with van der Waals surface area (Å²) >= 11 is 4.00. The number of thioether (sulfide) groups is 1. The Bertz CT molecular complexity index is 383. The average molecular weight is 268 g/mol. The Morgan fingerprint density at radius 2 is 2.18 bits per heavy atom. The number of hydrogen-bond donors (Lipinski definition) is 1. The van der Waals surface area contributed by atoms with Crippen LogP contribution in [0, 0.1) is 0 Å². The Hall–Kier alpha value is -0.0300. The fourth-order valence-corrected chi connectivity index (χ4v) is 5.20. The highest BCUT2D eigenvalue weighted by Gasteiger charge is 2.38. The van der Waals surface area contributed by atoms with E-state index in [9.17, 15) is 0 Å². The molecule has 3 rings (SSSR count). The molecule has 4 heteroatoms. The van der Waals surface area contributed by atoms with Gasteiger partial charge in [0.25, 0.3) is 0 Å². The van der Waals surface area contributed by atoms with Gasteiger partial charge in [-0.15, -0.1) is 11.3 Å². The first-order valence-electron chi connectivity index (χ1n) is 6.42. The summed E-state index contributed by atoms with van der Waals surface area (Å²) in [6, 6.07) is 2.30. The van der Waals surface area contributed by atoms with Crippen LogP contribution < -0.4 is 5.73 Å². The fourth-order valence-electron chi connectivity index (χ4n) is 3.05. The zero-order chi connectivity index (χ0) is 11.7. The Morgan fingerprint density at radius 3 is 2.94 bits per heavy atom. The van der Waals surface area contributed by atoms with Crippen LogP contribution in [0.3, 0.4) is 0 Å². The molecule has 1 aromatic rings. The summed E-state index contributed by atoms with van der Waals surface area (Å²) < 4.78 is 0. The summed E-state index contributed by atoms with van der Waals surface area (Å²) in [5, 5.41) is 2.24. The van der Waals surface area contributed by atoms with Crippen LogP contribution in [0.4, 0.5) is 0 Å². The molecule has 0 aromatic carbocycles. The second-order valence-electron chi connectivity index (χ2n) is 5.08. The van der Waals surface area contributed by atoms with Crippen molar-refractivity contribution >= 4 is 23.1 Å². The third-order valence-corrected chi connectivity index (χ3v) is 6.29. The first-order chi connectivity index (χ1) is 8.34. The zero-order valence-corrected chi connectivity index (χ0v) is 11.8. The quantitative estimate of drug-likeness (QED) is 0.892. The molecular weight excluding hydrogens is 248 g/mol. The molecule has 0 bridgehead atoms. The van der Waals surface area contributed by atoms with Crippen molar-refractivity contribution in [3.63, 3.8) is 0 Å². The van der Waals surface area contributed by atoms with E-state index < -0.39 is 0 Å². The van der Waals surface area contributed by atoms with Gasteiger partial charge in [-0.2, -0.15) is 11.8 Å². The lowest BCUT2D eigenvalue weighted by Gasteiger charge is -2.47. The van der Waals surface area contributed by atoms with E-state index >= 15 is 0 Å². The molecule has 1 saturated heterocycles. The van der Waals surface area contributed by atoms with E-state index in [4.69, 9.17) is 5.73 Å². The standard InChI is InChI=1S/C13H20N2S2/c14-10-13(3-7-16-8-4-13)15-5-1-12-11(9-15)2-6-17-12/h2,6H,1,3-5,7-10,14H2. The van der Waals surface area contributed by atoms with Gasteiger partial charge in [0.05, 0.1) is 0 Å². The van der Waals surface area contributed by atoms with E-state index in [0.717, 1.165) is 13.1 Å². The van der Waals surface area contributed by atoms with Gasteiger partial charge in [0.15, 0.2) is 0 Å². The van der Waals surface area contributed by atoms with Gasteiger partial charge < -0.3 is 5.73 Å². The largest absolute Gasteiger partial charge is 0.329 e. The van der Waals surface area contributed by atoms with Crippen molar-refractivity contribution in [2.24, 2.45) is 5.73 Å². The van der Waals surface area contributed by atoms with Crippen molar-refractivity contribution in [1.82, 2.24) is 4.90 Å². The van der Waals surface area contributed by atoms with Crippen LogP contribution in [-0.4, -0.2) is 35.0 Å². The van der Waals surface area contributed by atoms with Crippen molar-refractivity contribution in [2.75, 3.05) is 24.6 Å². The van der Waals surface area contributed by atoms with Gasteiger partial charge in [0.2, 0.25) is 0 Å². The van der Waals surface area contributed by atoms with Crippen LogP contribution in [0.2, 0.25) is 0 Å². The van der Waals surface area contributed by atoms with Crippen molar-refractivity contribution in [2.45, 2.75) is 31.3 Å². The molecule has 0 aliphatic carbocycles. The van der Waals surface area contributed by atoms with E-state index in [1.54, 1.807) is 10.4 Å². The normalized spacial score (nSPS) is 24.5. The molecule has 0 radical (unpaired) electrons. The predicted octanol–water partition coefficient (Wildman–Crippen LogP) is 2.33. The highest BCUT2D eigenvalue weighted by Crippen LogP contribution is 2.36. The van der Waals surface area contributed by atoms with Gasteiger partial charge in [0, 0.05) is 30.1 Å². The second kappa shape index (κ2) is 4.92. The van der Waals surface area contributed by atoms with Crippen LogP contribution in [0.15, 0.2) is 11.4 Å². The van der Waals surface area contributed by atoms with Crippen LogP contribution >= 0.6 is 23.1 Å². The second-order valence-corrected chi connectivity index (χ2v) is 7.31. The zero-order valence-electron chi connectivity index (χ0n) is 10.2. The van der Waals surface area contributed by atoms with Gasteiger partial charge in [-0.3, -0.25) is 4.90 Å². The fraction of sp³-hybridized carbons (Fsp3) is 0.692. The summed E-state index contributed by atoms with van der Waals surface area (Å²) in [5.41, 5.74) is 7.96. The van der Waals surface area contributed by atoms with E-state index in [0.29, 0.717) is 5.54 Å². The highest BCUT2D eigenvalue weighted by atomic mass is 32.2. The molecule has 2 aliphatic rings. The smallest absolute Gasteiger partial charge is 0.0351 e. The third kappa shape index (κ3) is 2.16. The summed E-state index contributed by atoms with van der Waals surface area (Å²) in [6.45, 7) is 3.16. The van der Waals surface area contributed by atoms with E-state index in [1.165, 1.54) is 37.3 Å². The third-order valence-electron chi connectivity index (χ3n) is 4.28. The first kappa shape index (κ1) is 12.0. The van der Waals surface area contributed by atoms with Gasteiger partial charge in [-0.05, 0) is 47.8 Å². The Morgan fingerprint density at radius 1 is 1.35 bits per heavy atom. The maximum absolute atomic E-state index is 6.12. The maximum atomic E-state index is 6.12.